The molecule has 28 heavy (non-hydrogen) atoms. The molecule has 1 atom stereocenters. The third kappa shape index (κ3) is 3.13. The molecule has 2 aromatic carbocycles. The zero-order valence-electron chi connectivity index (χ0n) is 16.5. The number of hydrogen-bond donors (Lipinski definition) is 0. The second-order valence-corrected chi connectivity index (χ2v) is 7.34. The lowest BCUT2D eigenvalue weighted by Gasteiger charge is -2.27. The van der Waals surface area contributed by atoms with Gasteiger partial charge in [-0.25, -0.2) is 9.37 Å². The van der Waals surface area contributed by atoms with Crippen molar-refractivity contribution in [1.29, 1.82) is 0 Å². The first-order chi connectivity index (χ1) is 13.5. The number of para-hydroxylation sites is 2. The lowest BCUT2D eigenvalue weighted by Crippen LogP contribution is -2.40. The van der Waals surface area contributed by atoms with Crippen LogP contribution in [0.2, 0.25) is 0 Å². The summed E-state index contributed by atoms with van der Waals surface area (Å²) in [4.78, 5) is 20.6. The fraction of sp³-hybridized carbons (Fsp3) is 0.364. The molecule has 1 aliphatic heterocycles. The predicted octanol–water partition coefficient (Wildman–Crippen LogP) is 3.83. The van der Waals surface area contributed by atoms with E-state index in [4.69, 9.17) is 0 Å². The fourth-order valence-corrected chi connectivity index (χ4v) is 4.24. The first kappa shape index (κ1) is 18.5. The van der Waals surface area contributed by atoms with E-state index in [1.807, 2.05) is 59.8 Å². The first-order valence-corrected chi connectivity index (χ1v) is 9.73. The average Bonchev–Trinajstić information content (AvgIpc) is 3.28. The van der Waals surface area contributed by atoms with Gasteiger partial charge in [-0.2, -0.15) is 0 Å². The monoisotopic (exact) mass is 380 g/mol. The van der Waals surface area contributed by atoms with Gasteiger partial charge in [-0.3, -0.25) is 4.79 Å². The van der Waals surface area contributed by atoms with Crippen molar-refractivity contribution in [2.75, 3.05) is 24.5 Å². The number of nitrogens with zero attached hydrogens (tertiary/aromatic N) is 4. The summed E-state index contributed by atoms with van der Waals surface area (Å²) in [6, 6.07) is 13.2. The number of imidazole rings is 1. The number of carbonyl (C=O) groups is 1. The highest BCUT2D eigenvalue weighted by atomic mass is 19.1. The smallest absolute Gasteiger partial charge is 0.219 e. The summed E-state index contributed by atoms with van der Waals surface area (Å²) in [6.07, 6.45) is 0.923. The van der Waals surface area contributed by atoms with Gasteiger partial charge >= 0.3 is 0 Å². The molecule has 1 unspecified atom stereocenters. The first-order valence-electron chi connectivity index (χ1n) is 9.73. The van der Waals surface area contributed by atoms with Gasteiger partial charge < -0.3 is 14.4 Å². The Morgan fingerprint density at radius 3 is 2.79 bits per heavy atom. The number of hydrogen-bond acceptors (Lipinski definition) is 3. The van der Waals surface area contributed by atoms with Gasteiger partial charge in [-0.05, 0) is 43.7 Å². The van der Waals surface area contributed by atoms with Crippen molar-refractivity contribution in [1.82, 2.24) is 14.5 Å². The number of fused-ring (bicyclic) bond motifs is 1. The summed E-state index contributed by atoms with van der Waals surface area (Å²) in [7, 11) is 1.91. The summed E-state index contributed by atoms with van der Waals surface area (Å²) in [5.74, 6) is 0.445. The molecule has 0 spiro atoms. The van der Waals surface area contributed by atoms with Crippen molar-refractivity contribution >= 4 is 22.6 Å². The van der Waals surface area contributed by atoms with E-state index in [9.17, 15) is 9.18 Å². The molecule has 6 heteroatoms. The highest BCUT2D eigenvalue weighted by molar-refractivity contribution is 5.81. The van der Waals surface area contributed by atoms with Crippen molar-refractivity contribution < 1.29 is 9.18 Å². The van der Waals surface area contributed by atoms with E-state index < -0.39 is 0 Å². The van der Waals surface area contributed by atoms with E-state index in [2.05, 4.69) is 9.88 Å². The number of halogens is 1. The zero-order valence-corrected chi connectivity index (χ0v) is 16.5. The molecule has 5 nitrogen and oxygen atoms in total. The summed E-state index contributed by atoms with van der Waals surface area (Å²) in [6.45, 7) is 5.95. The van der Waals surface area contributed by atoms with Crippen molar-refractivity contribution in [2.45, 2.75) is 26.3 Å². The minimum atomic E-state index is -0.281. The Balaban J connectivity index is 1.66. The third-order valence-corrected chi connectivity index (χ3v) is 5.69. The number of aryl methyl sites for hydroxylation is 1. The topological polar surface area (TPSA) is 41.4 Å². The highest BCUT2D eigenvalue weighted by Gasteiger charge is 2.29. The molecule has 1 aromatic heterocycles. The van der Waals surface area contributed by atoms with Gasteiger partial charge in [0.25, 0.3) is 0 Å². The van der Waals surface area contributed by atoms with Crippen LogP contribution in [0.3, 0.4) is 0 Å². The van der Waals surface area contributed by atoms with E-state index in [-0.39, 0.29) is 17.8 Å². The Morgan fingerprint density at radius 1 is 1.29 bits per heavy atom. The molecule has 4 rings (SSSR count). The van der Waals surface area contributed by atoms with Crippen molar-refractivity contribution in [3.63, 3.8) is 0 Å². The van der Waals surface area contributed by atoms with Gasteiger partial charge in [0, 0.05) is 39.3 Å². The zero-order chi connectivity index (χ0) is 19.8. The molecule has 1 saturated heterocycles. The van der Waals surface area contributed by atoms with Crippen LogP contribution in [-0.2, 0) is 11.8 Å². The Kier molecular flexibility index (Phi) is 4.79. The maximum atomic E-state index is 14.7. The number of amides is 1. The molecule has 2 heterocycles. The normalized spacial score (nSPS) is 16.7. The Hall–Kier alpha value is -2.89. The second kappa shape index (κ2) is 7.26. The van der Waals surface area contributed by atoms with Crippen LogP contribution in [0.25, 0.3) is 22.4 Å². The Morgan fingerprint density at radius 2 is 2.07 bits per heavy atom. The molecule has 1 aliphatic rings. The van der Waals surface area contributed by atoms with Crippen LogP contribution in [0.15, 0.2) is 42.5 Å². The van der Waals surface area contributed by atoms with Crippen LogP contribution in [0, 0.1) is 5.82 Å². The largest absolute Gasteiger partial charge is 0.369 e. The maximum Gasteiger partial charge on any atom is 0.219 e. The summed E-state index contributed by atoms with van der Waals surface area (Å²) >= 11 is 0. The lowest BCUT2D eigenvalue weighted by molar-refractivity contribution is -0.130. The maximum absolute atomic E-state index is 14.7. The second-order valence-electron chi connectivity index (χ2n) is 7.34. The minimum Gasteiger partial charge on any atom is -0.369 e. The number of aromatic nitrogens is 2. The highest BCUT2D eigenvalue weighted by Crippen LogP contribution is 2.31. The molecule has 0 saturated carbocycles. The number of likely N-dealkylation sites (N-methyl/N-ethyl adjacent to an activating group) is 1. The van der Waals surface area contributed by atoms with Gasteiger partial charge in [-0.1, -0.05) is 12.1 Å². The fourth-order valence-electron chi connectivity index (χ4n) is 4.24. The number of carbonyl (C=O) groups excluding carboxylic acids is 1. The average molecular weight is 380 g/mol. The number of anilines is 1. The molecule has 0 aliphatic carbocycles. The van der Waals surface area contributed by atoms with Gasteiger partial charge in [-0.15, -0.1) is 0 Å². The van der Waals surface area contributed by atoms with Gasteiger partial charge in [0.15, 0.2) is 0 Å². The Labute approximate surface area is 164 Å². The quantitative estimate of drug-likeness (QED) is 0.691. The van der Waals surface area contributed by atoms with E-state index in [0.29, 0.717) is 17.9 Å². The standard InChI is InChI=1S/C22H25FN4O/c1-4-27(15(2)28)17-11-12-26(14-17)16-9-10-19(23)18(13-16)22-24-20-7-5-6-8-21(20)25(22)3/h5-10,13,17H,4,11-12,14H2,1-3H3. The van der Waals surface area contributed by atoms with E-state index in [1.54, 1.807) is 6.92 Å². The van der Waals surface area contributed by atoms with E-state index >= 15 is 0 Å². The summed E-state index contributed by atoms with van der Waals surface area (Å²) < 4.78 is 16.6. The van der Waals surface area contributed by atoms with Crippen molar-refractivity contribution in [3.8, 4) is 11.4 Å². The SMILES string of the molecule is CCN(C(C)=O)C1CCN(c2ccc(F)c(-c3nc4ccccc4n3C)c2)C1. The minimum absolute atomic E-state index is 0.105. The van der Waals surface area contributed by atoms with E-state index in [1.165, 1.54) is 6.07 Å². The van der Waals surface area contributed by atoms with Crippen LogP contribution in [0.5, 0.6) is 0 Å². The molecule has 3 aromatic rings. The molecule has 0 bridgehead atoms. The van der Waals surface area contributed by atoms with Crippen LogP contribution < -0.4 is 4.90 Å². The lowest BCUT2D eigenvalue weighted by atomic mass is 10.1. The number of rotatable bonds is 4. The molecular weight excluding hydrogens is 355 g/mol. The summed E-state index contributed by atoms with van der Waals surface area (Å²) in [5.41, 5.74) is 3.29. The van der Waals surface area contributed by atoms with Gasteiger partial charge in [0.2, 0.25) is 5.91 Å². The number of benzene rings is 2. The molecule has 0 radical (unpaired) electrons. The van der Waals surface area contributed by atoms with Crippen LogP contribution >= 0.6 is 0 Å². The Bertz CT molecular complexity index is 1030. The molecule has 1 amide bonds. The third-order valence-electron chi connectivity index (χ3n) is 5.69. The van der Waals surface area contributed by atoms with Gasteiger partial charge in [0.05, 0.1) is 22.6 Å². The predicted molar refractivity (Wildman–Crippen MR) is 110 cm³/mol. The van der Waals surface area contributed by atoms with Crippen LogP contribution in [0.4, 0.5) is 10.1 Å². The van der Waals surface area contributed by atoms with Gasteiger partial charge in [0.1, 0.15) is 11.6 Å². The van der Waals surface area contributed by atoms with Crippen LogP contribution in [-0.4, -0.2) is 46.0 Å². The van der Waals surface area contributed by atoms with E-state index in [0.717, 1.165) is 36.2 Å². The van der Waals surface area contributed by atoms with Crippen molar-refractivity contribution in [3.05, 3.63) is 48.3 Å². The van der Waals surface area contributed by atoms with Crippen molar-refractivity contribution in [2.24, 2.45) is 7.05 Å². The molecule has 1 fully saturated rings. The van der Waals surface area contributed by atoms with Crippen LogP contribution in [0.1, 0.15) is 20.3 Å². The summed E-state index contributed by atoms with van der Waals surface area (Å²) in [5, 5.41) is 0. The molecule has 0 N–H and O–H groups in total. The molecular formula is C22H25FN4O. The molecule has 146 valence electrons.